The van der Waals surface area contributed by atoms with Gasteiger partial charge in [-0.1, -0.05) is 31.2 Å². The highest BCUT2D eigenvalue weighted by atomic mass is 16.5. The van der Waals surface area contributed by atoms with E-state index in [4.69, 9.17) is 4.74 Å². The van der Waals surface area contributed by atoms with Crippen molar-refractivity contribution in [1.29, 1.82) is 0 Å². The van der Waals surface area contributed by atoms with E-state index in [1.54, 1.807) is 6.07 Å². The first kappa shape index (κ1) is 16.8. The van der Waals surface area contributed by atoms with Gasteiger partial charge in [-0.15, -0.1) is 0 Å². The van der Waals surface area contributed by atoms with Gasteiger partial charge >= 0.3 is 0 Å². The average molecular weight is 327 g/mol. The van der Waals surface area contributed by atoms with Crippen LogP contribution in [0.1, 0.15) is 24.5 Å². The number of aliphatic hydroxyl groups is 1. The number of hydrogen-bond donors (Lipinski definition) is 2. The molecule has 0 fully saturated rings. The van der Waals surface area contributed by atoms with Gasteiger partial charge in [0.15, 0.2) is 11.5 Å². The van der Waals surface area contributed by atoms with Crippen LogP contribution >= 0.6 is 0 Å². The molecule has 0 aromatic heterocycles. The first-order chi connectivity index (χ1) is 11.6. The van der Waals surface area contributed by atoms with Crippen LogP contribution in [0.4, 0.5) is 0 Å². The molecular weight excluding hydrogens is 302 g/mol. The molecule has 1 unspecified atom stereocenters. The molecule has 0 bridgehead atoms. The van der Waals surface area contributed by atoms with Gasteiger partial charge in [0.1, 0.15) is 6.61 Å². The lowest BCUT2D eigenvalue weighted by Crippen LogP contribution is -2.33. The van der Waals surface area contributed by atoms with E-state index in [1.807, 2.05) is 19.1 Å². The van der Waals surface area contributed by atoms with Crippen molar-refractivity contribution in [3.63, 3.8) is 0 Å². The average Bonchev–Trinajstić information content (AvgIpc) is 2.77. The quantitative estimate of drug-likeness (QED) is 0.904. The summed E-state index contributed by atoms with van der Waals surface area (Å²) >= 11 is 0. The van der Waals surface area contributed by atoms with Crippen molar-refractivity contribution in [2.24, 2.45) is 0 Å². The fourth-order valence-corrected chi connectivity index (χ4v) is 3.19. The maximum Gasteiger partial charge on any atom is 0.165 e. The molecule has 1 atom stereocenters. The molecule has 2 aromatic carbocycles. The number of hydrogen-bond acceptors (Lipinski definition) is 4. The summed E-state index contributed by atoms with van der Waals surface area (Å²) in [5.41, 5.74) is 4.24. The van der Waals surface area contributed by atoms with Crippen LogP contribution in [0.5, 0.6) is 11.5 Å². The predicted octanol–water partition coefficient (Wildman–Crippen LogP) is 3.33. The number of rotatable bonds is 4. The number of aliphatic hydroxyl groups excluding tert-OH is 1. The Bertz CT molecular complexity index is 714. The van der Waals surface area contributed by atoms with Gasteiger partial charge in [-0.3, -0.25) is 4.90 Å². The summed E-state index contributed by atoms with van der Waals surface area (Å²) in [5, 5.41) is 20.4. The third kappa shape index (κ3) is 3.55. The zero-order valence-corrected chi connectivity index (χ0v) is 14.3. The molecule has 1 aliphatic rings. The van der Waals surface area contributed by atoms with Gasteiger partial charge in [0.25, 0.3) is 0 Å². The van der Waals surface area contributed by atoms with Crippen molar-refractivity contribution in [2.45, 2.75) is 32.9 Å². The number of nitrogens with zero attached hydrogens (tertiary/aromatic N) is 1. The summed E-state index contributed by atoms with van der Waals surface area (Å²) in [6, 6.07) is 12.0. The smallest absolute Gasteiger partial charge is 0.165 e. The van der Waals surface area contributed by atoms with Crippen LogP contribution < -0.4 is 4.74 Å². The molecule has 4 heteroatoms. The highest BCUT2D eigenvalue weighted by Crippen LogP contribution is 2.38. The molecule has 24 heavy (non-hydrogen) atoms. The van der Waals surface area contributed by atoms with Gasteiger partial charge in [0.2, 0.25) is 0 Å². The van der Waals surface area contributed by atoms with Gasteiger partial charge in [0.05, 0.1) is 6.10 Å². The normalized spacial score (nSPS) is 16.1. The summed E-state index contributed by atoms with van der Waals surface area (Å²) in [6.07, 6.45) is 0.401. The van der Waals surface area contributed by atoms with Crippen LogP contribution in [-0.4, -0.2) is 40.9 Å². The minimum absolute atomic E-state index is 0.184. The first-order valence-corrected chi connectivity index (χ1v) is 8.53. The second-order valence-electron chi connectivity index (χ2n) is 6.44. The molecule has 0 amide bonds. The largest absolute Gasteiger partial charge is 0.504 e. The van der Waals surface area contributed by atoms with Gasteiger partial charge in [-0.2, -0.15) is 0 Å². The van der Waals surface area contributed by atoms with Gasteiger partial charge in [-0.05, 0) is 42.2 Å². The topological polar surface area (TPSA) is 52.9 Å². The Hall–Kier alpha value is -2.04. The first-order valence-electron chi connectivity index (χ1n) is 8.53. The lowest BCUT2D eigenvalue weighted by molar-refractivity contribution is 0.101. The van der Waals surface area contributed by atoms with Crippen molar-refractivity contribution in [3.8, 4) is 22.6 Å². The van der Waals surface area contributed by atoms with E-state index in [-0.39, 0.29) is 11.9 Å². The van der Waals surface area contributed by atoms with Gasteiger partial charge < -0.3 is 14.9 Å². The number of ether oxygens (including phenoxy) is 1. The van der Waals surface area contributed by atoms with E-state index in [9.17, 15) is 10.2 Å². The molecule has 3 rings (SSSR count). The molecule has 4 nitrogen and oxygen atoms in total. The van der Waals surface area contributed by atoms with Crippen LogP contribution in [0, 0.1) is 6.92 Å². The Morgan fingerprint density at radius 1 is 1.25 bits per heavy atom. The fraction of sp³-hybridized carbons (Fsp3) is 0.400. The van der Waals surface area contributed by atoms with E-state index in [1.165, 1.54) is 5.56 Å². The maximum atomic E-state index is 10.4. The Labute approximate surface area is 143 Å². The molecule has 0 spiro atoms. The van der Waals surface area contributed by atoms with Crippen molar-refractivity contribution in [1.82, 2.24) is 4.90 Å². The molecule has 0 saturated carbocycles. The lowest BCUT2D eigenvalue weighted by atomic mass is 9.98. The van der Waals surface area contributed by atoms with Crippen molar-refractivity contribution >= 4 is 0 Å². The third-order valence-electron chi connectivity index (χ3n) is 4.59. The molecule has 128 valence electrons. The maximum absolute atomic E-state index is 10.4. The van der Waals surface area contributed by atoms with E-state index in [2.05, 4.69) is 30.0 Å². The summed E-state index contributed by atoms with van der Waals surface area (Å²) in [7, 11) is 0. The zero-order chi connectivity index (χ0) is 17.1. The summed E-state index contributed by atoms with van der Waals surface area (Å²) in [6.45, 7) is 6.59. The number of aromatic hydroxyl groups is 1. The van der Waals surface area contributed by atoms with E-state index < -0.39 is 0 Å². The SMILES string of the molecule is CCC(O)CN1CCOc2c(O)cc(-c3ccccc3C)cc2C1. The van der Waals surface area contributed by atoms with Crippen LogP contribution in [0.2, 0.25) is 0 Å². The molecular formula is C20H25NO3. The number of aryl methyl sites for hydroxylation is 1. The standard InChI is InChI=1S/C20H25NO3/c1-3-17(22)13-21-8-9-24-20-16(12-21)10-15(11-19(20)23)18-7-5-4-6-14(18)2/h4-7,10-11,17,22-23H,3,8-9,12-13H2,1-2H3. The number of phenolic OH excluding ortho intramolecular Hbond substituents is 1. The van der Waals surface area contributed by atoms with Crippen molar-refractivity contribution in [3.05, 3.63) is 47.5 Å². The van der Waals surface area contributed by atoms with Crippen LogP contribution in [0.15, 0.2) is 36.4 Å². The molecule has 2 aromatic rings. The zero-order valence-electron chi connectivity index (χ0n) is 14.3. The van der Waals surface area contributed by atoms with Crippen molar-refractivity contribution < 1.29 is 14.9 Å². The predicted molar refractivity (Wildman–Crippen MR) is 95.3 cm³/mol. The number of β-amino-alcohol motifs (C(OH)–C–C–N with tert-alkyl or cyclic N) is 1. The van der Waals surface area contributed by atoms with E-state index >= 15 is 0 Å². The van der Waals surface area contributed by atoms with Crippen molar-refractivity contribution in [2.75, 3.05) is 19.7 Å². The Morgan fingerprint density at radius 3 is 2.79 bits per heavy atom. The monoisotopic (exact) mass is 327 g/mol. The molecule has 1 heterocycles. The van der Waals surface area contributed by atoms with Crippen LogP contribution in [-0.2, 0) is 6.54 Å². The molecule has 0 saturated heterocycles. The second kappa shape index (κ2) is 7.24. The molecule has 2 N–H and O–H groups in total. The summed E-state index contributed by atoms with van der Waals surface area (Å²) in [5.74, 6) is 0.754. The number of phenols is 1. The van der Waals surface area contributed by atoms with Crippen LogP contribution in [0.25, 0.3) is 11.1 Å². The highest BCUT2D eigenvalue weighted by molar-refractivity contribution is 5.71. The van der Waals surface area contributed by atoms with Gasteiger partial charge in [-0.25, -0.2) is 0 Å². The Kier molecular flexibility index (Phi) is 5.07. The molecule has 0 radical (unpaired) electrons. The fourth-order valence-electron chi connectivity index (χ4n) is 3.19. The Morgan fingerprint density at radius 2 is 2.04 bits per heavy atom. The van der Waals surface area contributed by atoms with Gasteiger partial charge in [0, 0.05) is 25.2 Å². The molecule has 1 aliphatic heterocycles. The van der Waals surface area contributed by atoms with Crippen LogP contribution in [0.3, 0.4) is 0 Å². The second-order valence-corrected chi connectivity index (χ2v) is 6.44. The lowest BCUT2D eigenvalue weighted by Gasteiger charge is -2.22. The summed E-state index contributed by atoms with van der Waals surface area (Å²) < 4.78 is 5.77. The third-order valence-corrected chi connectivity index (χ3v) is 4.59. The minimum atomic E-state index is -0.334. The number of fused-ring (bicyclic) bond motifs is 1. The summed E-state index contributed by atoms with van der Waals surface area (Å²) in [4.78, 5) is 2.18. The minimum Gasteiger partial charge on any atom is -0.504 e. The van der Waals surface area contributed by atoms with E-state index in [0.29, 0.717) is 25.4 Å². The van der Waals surface area contributed by atoms with E-state index in [0.717, 1.165) is 29.7 Å². The number of benzene rings is 2. The Balaban J connectivity index is 1.95. The highest BCUT2D eigenvalue weighted by Gasteiger charge is 2.21. The molecule has 0 aliphatic carbocycles.